The third kappa shape index (κ3) is 4.08. The first-order valence-electron chi connectivity index (χ1n) is 6.60. The number of carbonyl (C=O) groups is 1. The third-order valence-corrected chi connectivity index (χ3v) is 3.46. The smallest absolute Gasteiger partial charge is 0.242 e. The van der Waals surface area contributed by atoms with Crippen molar-refractivity contribution in [3.8, 4) is 6.07 Å². The third-order valence-electron chi connectivity index (χ3n) is 3.13. The van der Waals surface area contributed by atoms with Crippen molar-refractivity contribution in [2.75, 3.05) is 5.32 Å². The Hall–Kier alpha value is -2.31. The van der Waals surface area contributed by atoms with Gasteiger partial charge in [-0.1, -0.05) is 48.0 Å². The molecule has 0 fully saturated rings. The van der Waals surface area contributed by atoms with Gasteiger partial charge in [-0.05, 0) is 36.6 Å². The number of hydrogen-bond acceptors (Lipinski definition) is 2. The maximum absolute atomic E-state index is 12.2. The van der Waals surface area contributed by atoms with Crippen molar-refractivity contribution in [3.63, 3.8) is 0 Å². The van der Waals surface area contributed by atoms with E-state index >= 15 is 0 Å². The maximum Gasteiger partial charge on any atom is 0.242 e. The van der Waals surface area contributed by atoms with E-state index in [1.807, 2.05) is 49.4 Å². The summed E-state index contributed by atoms with van der Waals surface area (Å²) < 4.78 is 0. The van der Waals surface area contributed by atoms with Gasteiger partial charge in [-0.2, -0.15) is 5.26 Å². The van der Waals surface area contributed by atoms with Crippen LogP contribution in [0.5, 0.6) is 0 Å². The molecule has 0 radical (unpaired) electrons. The summed E-state index contributed by atoms with van der Waals surface area (Å²) >= 11 is 6.05. The predicted octanol–water partition coefficient (Wildman–Crippen LogP) is 3.97. The minimum atomic E-state index is -0.746. The van der Waals surface area contributed by atoms with Crippen LogP contribution in [0, 0.1) is 24.2 Å². The van der Waals surface area contributed by atoms with Crippen molar-refractivity contribution >= 4 is 23.2 Å². The molecule has 0 saturated carbocycles. The Balaban J connectivity index is 2.10. The van der Waals surface area contributed by atoms with Crippen molar-refractivity contribution in [1.29, 1.82) is 5.26 Å². The Labute approximate surface area is 129 Å². The number of carbonyl (C=O) groups excluding carboxylic acids is 1. The molecule has 1 unspecified atom stereocenters. The molecule has 1 amide bonds. The molecule has 1 N–H and O–H groups in total. The van der Waals surface area contributed by atoms with E-state index in [1.165, 1.54) is 0 Å². The molecule has 1 atom stereocenters. The molecule has 106 valence electrons. The monoisotopic (exact) mass is 298 g/mol. The lowest BCUT2D eigenvalue weighted by molar-refractivity contribution is -0.118. The molecule has 0 aliphatic carbocycles. The standard InChI is InChI=1S/C17H15ClN2O/c1-12-7-8-15(18)16(9-12)20-17(21)14(11-19)10-13-5-3-2-4-6-13/h2-9,14H,10H2,1H3,(H,20,21). The molecule has 3 nitrogen and oxygen atoms in total. The molecule has 0 spiro atoms. The van der Waals surface area contributed by atoms with E-state index in [4.69, 9.17) is 11.6 Å². The molecule has 0 aliphatic rings. The summed E-state index contributed by atoms with van der Waals surface area (Å²) in [5.41, 5.74) is 2.48. The number of nitrogens with one attached hydrogen (secondary N) is 1. The fourth-order valence-electron chi connectivity index (χ4n) is 2.00. The quantitative estimate of drug-likeness (QED) is 0.928. The first-order valence-corrected chi connectivity index (χ1v) is 6.98. The van der Waals surface area contributed by atoms with Crippen LogP contribution in [0.25, 0.3) is 0 Å². The minimum absolute atomic E-state index is 0.339. The minimum Gasteiger partial charge on any atom is -0.324 e. The van der Waals surface area contributed by atoms with Crippen molar-refractivity contribution < 1.29 is 4.79 Å². The van der Waals surface area contributed by atoms with Crippen molar-refractivity contribution in [3.05, 3.63) is 64.7 Å². The van der Waals surface area contributed by atoms with E-state index in [-0.39, 0.29) is 5.91 Å². The first kappa shape index (κ1) is 15.1. The van der Waals surface area contributed by atoms with Gasteiger partial charge in [0.05, 0.1) is 16.8 Å². The molecule has 0 aromatic heterocycles. The van der Waals surface area contributed by atoms with Crippen LogP contribution in [-0.4, -0.2) is 5.91 Å². The molecule has 0 bridgehead atoms. The van der Waals surface area contributed by atoms with Gasteiger partial charge in [0.15, 0.2) is 0 Å². The van der Waals surface area contributed by atoms with E-state index < -0.39 is 5.92 Å². The van der Waals surface area contributed by atoms with Crippen LogP contribution in [0.2, 0.25) is 5.02 Å². The Bertz CT molecular complexity index is 677. The van der Waals surface area contributed by atoms with Crippen molar-refractivity contribution in [2.45, 2.75) is 13.3 Å². The van der Waals surface area contributed by atoms with Gasteiger partial charge in [0.1, 0.15) is 5.92 Å². The largest absolute Gasteiger partial charge is 0.324 e. The van der Waals surface area contributed by atoms with E-state index in [1.54, 1.807) is 12.1 Å². The molecule has 21 heavy (non-hydrogen) atoms. The lowest BCUT2D eigenvalue weighted by Gasteiger charge is -2.12. The topological polar surface area (TPSA) is 52.9 Å². The molecular weight excluding hydrogens is 284 g/mol. The predicted molar refractivity (Wildman–Crippen MR) is 84.1 cm³/mol. The van der Waals surface area contributed by atoms with Gasteiger partial charge in [0.25, 0.3) is 0 Å². The average Bonchev–Trinajstić information content (AvgIpc) is 2.49. The molecule has 0 saturated heterocycles. The van der Waals surface area contributed by atoms with Gasteiger partial charge >= 0.3 is 0 Å². The summed E-state index contributed by atoms with van der Waals surface area (Å²) in [6.45, 7) is 1.91. The van der Waals surface area contributed by atoms with E-state index in [0.29, 0.717) is 17.1 Å². The van der Waals surface area contributed by atoms with Gasteiger partial charge in [-0.3, -0.25) is 4.79 Å². The second kappa shape index (κ2) is 6.92. The van der Waals surface area contributed by atoms with Gasteiger partial charge in [-0.25, -0.2) is 0 Å². The summed E-state index contributed by atoms with van der Waals surface area (Å²) in [7, 11) is 0. The normalized spacial score (nSPS) is 11.5. The highest BCUT2D eigenvalue weighted by molar-refractivity contribution is 6.33. The van der Waals surface area contributed by atoms with E-state index in [9.17, 15) is 10.1 Å². The van der Waals surface area contributed by atoms with Crippen LogP contribution in [0.15, 0.2) is 48.5 Å². The van der Waals surface area contributed by atoms with Gasteiger partial charge in [-0.15, -0.1) is 0 Å². The fraction of sp³-hybridized carbons (Fsp3) is 0.176. The SMILES string of the molecule is Cc1ccc(Cl)c(NC(=O)C(C#N)Cc2ccccc2)c1. The lowest BCUT2D eigenvalue weighted by atomic mass is 10.00. The highest BCUT2D eigenvalue weighted by Gasteiger charge is 2.19. The number of hydrogen-bond donors (Lipinski definition) is 1. The molecular formula is C17H15ClN2O. The van der Waals surface area contributed by atoms with Crippen molar-refractivity contribution in [2.24, 2.45) is 5.92 Å². The summed E-state index contributed by atoms with van der Waals surface area (Å²) in [6, 6.07) is 16.9. The number of aryl methyl sites for hydroxylation is 1. The average molecular weight is 299 g/mol. The summed E-state index contributed by atoms with van der Waals surface area (Å²) in [6.07, 6.45) is 0.382. The molecule has 2 aromatic rings. The first-order chi connectivity index (χ1) is 10.1. The Morgan fingerprint density at radius 1 is 1.29 bits per heavy atom. The maximum atomic E-state index is 12.2. The Morgan fingerprint density at radius 2 is 2.00 bits per heavy atom. The number of anilines is 1. The zero-order valence-corrected chi connectivity index (χ0v) is 12.4. The Morgan fingerprint density at radius 3 is 2.67 bits per heavy atom. The van der Waals surface area contributed by atoms with Gasteiger partial charge in [0, 0.05) is 0 Å². The van der Waals surface area contributed by atoms with Gasteiger partial charge < -0.3 is 5.32 Å². The zero-order valence-electron chi connectivity index (χ0n) is 11.6. The van der Waals surface area contributed by atoms with Crippen LogP contribution in [0.3, 0.4) is 0 Å². The summed E-state index contributed by atoms with van der Waals surface area (Å²) in [4.78, 5) is 12.2. The molecule has 0 heterocycles. The molecule has 2 aromatic carbocycles. The van der Waals surface area contributed by atoms with Crippen LogP contribution >= 0.6 is 11.6 Å². The van der Waals surface area contributed by atoms with Gasteiger partial charge in [0.2, 0.25) is 5.91 Å². The van der Waals surface area contributed by atoms with Crippen molar-refractivity contribution in [1.82, 2.24) is 0 Å². The number of rotatable bonds is 4. The van der Waals surface area contributed by atoms with Crippen LogP contribution in [0.1, 0.15) is 11.1 Å². The highest BCUT2D eigenvalue weighted by Crippen LogP contribution is 2.23. The van der Waals surface area contributed by atoms with E-state index in [2.05, 4.69) is 5.32 Å². The second-order valence-electron chi connectivity index (χ2n) is 4.84. The summed E-state index contributed by atoms with van der Waals surface area (Å²) in [5, 5.41) is 12.4. The van der Waals surface area contributed by atoms with Crippen LogP contribution in [-0.2, 0) is 11.2 Å². The van der Waals surface area contributed by atoms with Crippen LogP contribution < -0.4 is 5.32 Å². The molecule has 2 rings (SSSR count). The Kier molecular flexibility index (Phi) is 4.97. The zero-order chi connectivity index (χ0) is 15.2. The number of nitrogens with zero attached hydrogens (tertiary/aromatic N) is 1. The molecule has 0 aliphatic heterocycles. The lowest BCUT2D eigenvalue weighted by Crippen LogP contribution is -2.23. The fourth-order valence-corrected chi connectivity index (χ4v) is 2.17. The number of benzene rings is 2. The second-order valence-corrected chi connectivity index (χ2v) is 5.25. The number of amides is 1. The number of halogens is 1. The van der Waals surface area contributed by atoms with E-state index in [0.717, 1.165) is 11.1 Å². The summed E-state index contributed by atoms with van der Waals surface area (Å²) in [5.74, 6) is -1.09. The number of nitriles is 1. The van der Waals surface area contributed by atoms with Crippen LogP contribution in [0.4, 0.5) is 5.69 Å². The highest BCUT2D eigenvalue weighted by atomic mass is 35.5. The molecule has 4 heteroatoms.